The van der Waals surface area contributed by atoms with Crippen molar-refractivity contribution in [1.29, 1.82) is 0 Å². The maximum atomic E-state index is 10.8. The van der Waals surface area contributed by atoms with Crippen molar-refractivity contribution in [2.24, 2.45) is 0 Å². The van der Waals surface area contributed by atoms with Crippen molar-refractivity contribution in [2.75, 3.05) is 5.32 Å². The smallest absolute Gasteiger partial charge is 0.292 e. The Morgan fingerprint density at radius 1 is 1.33 bits per heavy atom. The quantitative estimate of drug-likeness (QED) is 0.650. The van der Waals surface area contributed by atoms with Gasteiger partial charge in [-0.1, -0.05) is 12.1 Å². The highest BCUT2D eigenvalue weighted by Crippen LogP contribution is 2.23. The Balaban J connectivity index is 2.08. The summed E-state index contributed by atoms with van der Waals surface area (Å²) < 4.78 is 2.07. The molecule has 0 amide bonds. The van der Waals surface area contributed by atoms with Crippen molar-refractivity contribution in [2.45, 2.75) is 20.0 Å². The van der Waals surface area contributed by atoms with Crippen LogP contribution < -0.4 is 5.32 Å². The molecule has 1 heterocycles. The number of benzene rings is 1. The lowest BCUT2D eigenvalue weighted by molar-refractivity contribution is -0.384. The zero-order valence-electron chi connectivity index (χ0n) is 10.2. The Morgan fingerprint density at radius 3 is 2.78 bits per heavy atom. The predicted molar refractivity (Wildman–Crippen MR) is 70.5 cm³/mol. The first-order chi connectivity index (χ1) is 8.70. The number of para-hydroxylation sites is 2. The van der Waals surface area contributed by atoms with Gasteiger partial charge >= 0.3 is 0 Å². The van der Waals surface area contributed by atoms with Crippen LogP contribution in [0.25, 0.3) is 0 Å². The Morgan fingerprint density at radius 2 is 2.11 bits per heavy atom. The molecular formula is C13H15N3O2. The average molecular weight is 245 g/mol. The molecule has 0 saturated carbocycles. The lowest BCUT2D eigenvalue weighted by Crippen LogP contribution is -2.01. The third-order valence-electron chi connectivity index (χ3n) is 2.76. The molecular weight excluding hydrogens is 230 g/mol. The van der Waals surface area contributed by atoms with E-state index in [4.69, 9.17) is 0 Å². The summed E-state index contributed by atoms with van der Waals surface area (Å²) in [7, 11) is 0. The molecule has 0 spiro atoms. The minimum absolute atomic E-state index is 0.104. The third kappa shape index (κ3) is 2.68. The van der Waals surface area contributed by atoms with Crippen LogP contribution in [0, 0.1) is 10.1 Å². The van der Waals surface area contributed by atoms with Crippen LogP contribution >= 0.6 is 0 Å². The molecule has 0 radical (unpaired) electrons. The summed E-state index contributed by atoms with van der Waals surface area (Å²) in [6.45, 7) is 3.57. The minimum Gasteiger partial charge on any atom is -0.375 e. The molecule has 0 unspecified atom stereocenters. The maximum Gasteiger partial charge on any atom is 0.292 e. The molecule has 0 bridgehead atoms. The van der Waals surface area contributed by atoms with Crippen molar-refractivity contribution < 1.29 is 4.92 Å². The number of nitrogens with zero attached hydrogens (tertiary/aromatic N) is 2. The summed E-state index contributed by atoms with van der Waals surface area (Å²) in [5, 5.41) is 13.9. The summed E-state index contributed by atoms with van der Waals surface area (Å²) in [5.74, 6) is 0. The SMILES string of the molecule is CCn1ccc(CNc2ccccc2[N+](=O)[O-])c1. The molecule has 0 atom stereocenters. The highest BCUT2D eigenvalue weighted by molar-refractivity contribution is 5.61. The first kappa shape index (κ1) is 12.2. The molecule has 0 aliphatic rings. The fourth-order valence-electron chi connectivity index (χ4n) is 1.77. The summed E-state index contributed by atoms with van der Waals surface area (Å²) in [6.07, 6.45) is 4.03. The molecule has 94 valence electrons. The fraction of sp³-hybridized carbons (Fsp3) is 0.231. The first-order valence-corrected chi connectivity index (χ1v) is 5.82. The second-order valence-corrected chi connectivity index (χ2v) is 3.98. The molecule has 1 N–H and O–H groups in total. The number of aryl methyl sites for hydroxylation is 1. The van der Waals surface area contributed by atoms with E-state index < -0.39 is 0 Å². The van der Waals surface area contributed by atoms with E-state index in [-0.39, 0.29) is 10.6 Å². The van der Waals surface area contributed by atoms with E-state index in [0.717, 1.165) is 12.1 Å². The van der Waals surface area contributed by atoms with E-state index >= 15 is 0 Å². The summed E-state index contributed by atoms with van der Waals surface area (Å²) in [6, 6.07) is 8.67. The van der Waals surface area contributed by atoms with Crippen LogP contribution in [-0.2, 0) is 13.1 Å². The van der Waals surface area contributed by atoms with Crippen LogP contribution in [0.3, 0.4) is 0 Å². The highest BCUT2D eigenvalue weighted by atomic mass is 16.6. The molecule has 1 aromatic heterocycles. The molecule has 2 rings (SSSR count). The molecule has 0 fully saturated rings. The van der Waals surface area contributed by atoms with Gasteiger partial charge in [0.25, 0.3) is 5.69 Å². The lowest BCUT2D eigenvalue weighted by Gasteiger charge is -2.05. The van der Waals surface area contributed by atoms with E-state index in [1.54, 1.807) is 18.2 Å². The Bertz CT molecular complexity index is 549. The van der Waals surface area contributed by atoms with Crippen LogP contribution in [0.1, 0.15) is 12.5 Å². The Hall–Kier alpha value is -2.30. The molecule has 18 heavy (non-hydrogen) atoms. The van der Waals surface area contributed by atoms with Gasteiger partial charge in [-0.05, 0) is 24.6 Å². The standard InChI is InChI=1S/C13H15N3O2/c1-2-15-8-7-11(10-15)9-14-12-5-3-4-6-13(12)16(17)18/h3-8,10,14H,2,9H2,1H3. The number of hydrogen-bond acceptors (Lipinski definition) is 3. The number of nitro benzene ring substituents is 1. The molecule has 1 aromatic carbocycles. The normalized spacial score (nSPS) is 10.3. The Labute approximate surface area is 105 Å². The van der Waals surface area contributed by atoms with E-state index in [0.29, 0.717) is 12.2 Å². The summed E-state index contributed by atoms with van der Waals surface area (Å²) >= 11 is 0. The van der Waals surface area contributed by atoms with Crippen molar-refractivity contribution in [3.8, 4) is 0 Å². The molecule has 0 saturated heterocycles. The summed E-state index contributed by atoms with van der Waals surface area (Å²) in [5.41, 5.74) is 1.76. The van der Waals surface area contributed by atoms with E-state index in [2.05, 4.69) is 16.8 Å². The van der Waals surface area contributed by atoms with Crippen LogP contribution in [0.5, 0.6) is 0 Å². The second-order valence-electron chi connectivity index (χ2n) is 3.98. The topological polar surface area (TPSA) is 60.1 Å². The Kier molecular flexibility index (Phi) is 3.62. The van der Waals surface area contributed by atoms with Gasteiger partial charge in [0.1, 0.15) is 5.69 Å². The average Bonchev–Trinajstić information content (AvgIpc) is 2.84. The van der Waals surface area contributed by atoms with Gasteiger partial charge in [-0.25, -0.2) is 0 Å². The van der Waals surface area contributed by atoms with E-state index in [1.807, 2.05) is 18.5 Å². The van der Waals surface area contributed by atoms with E-state index in [1.165, 1.54) is 6.07 Å². The van der Waals surface area contributed by atoms with Gasteiger partial charge in [0.15, 0.2) is 0 Å². The van der Waals surface area contributed by atoms with Gasteiger partial charge < -0.3 is 9.88 Å². The van der Waals surface area contributed by atoms with Gasteiger partial charge in [-0.15, -0.1) is 0 Å². The maximum absolute atomic E-state index is 10.8. The van der Waals surface area contributed by atoms with Crippen LogP contribution in [-0.4, -0.2) is 9.49 Å². The largest absolute Gasteiger partial charge is 0.375 e. The summed E-state index contributed by atoms with van der Waals surface area (Å²) in [4.78, 5) is 10.5. The van der Waals surface area contributed by atoms with Crippen LogP contribution in [0.15, 0.2) is 42.7 Å². The number of anilines is 1. The van der Waals surface area contributed by atoms with Crippen molar-refractivity contribution in [3.05, 3.63) is 58.4 Å². The van der Waals surface area contributed by atoms with Gasteiger partial charge in [-0.3, -0.25) is 10.1 Å². The van der Waals surface area contributed by atoms with Crippen LogP contribution in [0.4, 0.5) is 11.4 Å². The first-order valence-electron chi connectivity index (χ1n) is 5.82. The number of nitrogens with one attached hydrogen (secondary N) is 1. The molecule has 2 aromatic rings. The lowest BCUT2D eigenvalue weighted by atomic mass is 10.2. The number of hydrogen-bond donors (Lipinski definition) is 1. The third-order valence-corrected chi connectivity index (χ3v) is 2.76. The van der Waals surface area contributed by atoms with Crippen LogP contribution in [0.2, 0.25) is 0 Å². The number of aromatic nitrogens is 1. The van der Waals surface area contributed by atoms with Gasteiger partial charge in [-0.2, -0.15) is 0 Å². The van der Waals surface area contributed by atoms with Gasteiger partial charge in [0, 0.05) is 31.5 Å². The number of rotatable bonds is 5. The minimum atomic E-state index is -0.375. The highest BCUT2D eigenvalue weighted by Gasteiger charge is 2.11. The predicted octanol–water partition coefficient (Wildman–Crippen LogP) is 3.03. The molecule has 5 heteroatoms. The number of nitro groups is 1. The monoisotopic (exact) mass is 245 g/mol. The molecule has 0 aliphatic heterocycles. The molecule has 5 nitrogen and oxygen atoms in total. The van der Waals surface area contributed by atoms with Crippen molar-refractivity contribution >= 4 is 11.4 Å². The fourth-order valence-corrected chi connectivity index (χ4v) is 1.77. The second kappa shape index (κ2) is 5.35. The van der Waals surface area contributed by atoms with E-state index in [9.17, 15) is 10.1 Å². The zero-order valence-corrected chi connectivity index (χ0v) is 10.2. The van der Waals surface area contributed by atoms with Crippen molar-refractivity contribution in [3.63, 3.8) is 0 Å². The zero-order chi connectivity index (χ0) is 13.0. The van der Waals surface area contributed by atoms with Crippen molar-refractivity contribution in [1.82, 2.24) is 4.57 Å². The molecule has 0 aliphatic carbocycles. The van der Waals surface area contributed by atoms with Gasteiger partial charge in [0.2, 0.25) is 0 Å². The van der Waals surface area contributed by atoms with Gasteiger partial charge in [0.05, 0.1) is 4.92 Å².